The van der Waals surface area contributed by atoms with Crippen LogP contribution in [0.5, 0.6) is 0 Å². The number of ether oxygens (including phenoxy) is 1. The molecule has 5 heteroatoms. The predicted octanol–water partition coefficient (Wildman–Crippen LogP) is 2.70. The third kappa shape index (κ3) is 4.52. The third-order valence-corrected chi connectivity index (χ3v) is 4.43. The Hall–Kier alpha value is -1.46. The van der Waals surface area contributed by atoms with Crippen LogP contribution in [0.1, 0.15) is 31.4 Å². The van der Waals surface area contributed by atoms with Crippen LogP contribution >= 0.6 is 0 Å². The van der Waals surface area contributed by atoms with E-state index in [1.807, 2.05) is 25.9 Å². The smallest absolute Gasteiger partial charge is 0.244 e. The number of carbonyl (C=O) groups excluding carboxylic acids is 1. The van der Waals surface area contributed by atoms with E-state index in [9.17, 15) is 9.18 Å². The maximum atomic E-state index is 14.1. The van der Waals surface area contributed by atoms with E-state index in [2.05, 4.69) is 0 Å². The molecule has 1 fully saturated rings. The van der Waals surface area contributed by atoms with Gasteiger partial charge in [0.2, 0.25) is 5.91 Å². The first-order valence-electron chi connectivity index (χ1n) is 8.32. The van der Waals surface area contributed by atoms with E-state index in [1.54, 1.807) is 23.1 Å². The van der Waals surface area contributed by atoms with Crippen molar-refractivity contribution in [3.63, 3.8) is 0 Å². The molecule has 1 saturated heterocycles. The summed E-state index contributed by atoms with van der Waals surface area (Å²) in [5, 5.41) is 0. The van der Waals surface area contributed by atoms with Crippen molar-refractivity contribution in [1.29, 1.82) is 0 Å². The zero-order valence-corrected chi connectivity index (χ0v) is 14.3. The first kappa shape index (κ1) is 17.9. The van der Waals surface area contributed by atoms with E-state index in [0.717, 1.165) is 39.1 Å². The van der Waals surface area contributed by atoms with Crippen molar-refractivity contribution in [3.8, 4) is 0 Å². The molecule has 0 spiro atoms. The zero-order chi connectivity index (χ0) is 16.8. The Bertz CT molecular complexity index is 513. The maximum absolute atomic E-state index is 14.1. The molecular formula is C18H27FN2O2. The topological polar surface area (TPSA) is 32.8 Å². The molecule has 1 aliphatic rings. The molecule has 1 heterocycles. The van der Waals surface area contributed by atoms with E-state index in [0.29, 0.717) is 11.5 Å². The summed E-state index contributed by atoms with van der Waals surface area (Å²) in [4.78, 5) is 16.5. The average molecular weight is 322 g/mol. The van der Waals surface area contributed by atoms with Crippen molar-refractivity contribution in [2.24, 2.45) is 5.92 Å². The number of hydrogen-bond donors (Lipinski definition) is 0. The SMILES string of the molecule is CCOCC1CCN(C(=O)C(c2ccccc2F)N(C)C)CC1. The lowest BCUT2D eigenvalue weighted by Gasteiger charge is -2.36. The number of likely N-dealkylation sites (tertiary alicyclic amines) is 1. The third-order valence-electron chi connectivity index (χ3n) is 4.43. The Morgan fingerprint density at radius 2 is 2.00 bits per heavy atom. The molecule has 0 aromatic heterocycles. The molecule has 23 heavy (non-hydrogen) atoms. The largest absolute Gasteiger partial charge is 0.381 e. The molecule has 0 N–H and O–H groups in total. The summed E-state index contributed by atoms with van der Waals surface area (Å²) in [5.41, 5.74) is 0.443. The molecule has 1 aromatic carbocycles. The van der Waals surface area contributed by atoms with Gasteiger partial charge in [0, 0.05) is 31.9 Å². The van der Waals surface area contributed by atoms with Crippen LogP contribution in [0, 0.1) is 11.7 Å². The first-order valence-corrected chi connectivity index (χ1v) is 8.32. The molecule has 0 aliphatic carbocycles. The molecule has 1 aromatic rings. The highest BCUT2D eigenvalue weighted by molar-refractivity contribution is 5.83. The Morgan fingerprint density at radius 3 is 2.57 bits per heavy atom. The van der Waals surface area contributed by atoms with Crippen molar-refractivity contribution in [2.75, 3.05) is 40.4 Å². The fourth-order valence-corrected chi connectivity index (χ4v) is 3.11. The van der Waals surface area contributed by atoms with Gasteiger partial charge < -0.3 is 9.64 Å². The Morgan fingerprint density at radius 1 is 1.35 bits per heavy atom. The van der Waals surface area contributed by atoms with E-state index >= 15 is 0 Å². The summed E-state index contributed by atoms with van der Waals surface area (Å²) in [6, 6.07) is 5.96. The number of nitrogens with zero attached hydrogens (tertiary/aromatic N) is 2. The number of hydrogen-bond acceptors (Lipinski definition) is 3. The minimum atomic E-state index is -0.570. The van der Waals surface area contributed by atoms with E-state index in [-0.39, 0.29) is 11.7 Å². The number of benzene rings is 1. The van der Waals surface area contributed by atoms with Gasteiger partial charge in [0.15, 0.2) is 0 Å². The normalized spacial score (nSPS) is 17.5. The van der Waals surface area contributed by atoms with Crippen molar-refractivity contribution >= 4 is 5.91 Å². The molecule has 1 amide bonds. The number of halogens is 1. The van der Waals surface area contributed by atoms with Gasteiger partial charge in [0.1, 0.15) is 11.9 Å². The fourth-order valence-electron chi connectivity index (χ4n) is 3.11. The minimum absolute atomic E-state index is 0.0186. The van der Waals surface area contributed by atoms with E-state index in [4.69, 9.17) is 4.74 Å². The van der Waals surface area contributed by atoms with Crippen molar-refractivity contribution in [2.45, 2.75) is 25.8 Å². The lowest BCUT2D eigenvalue weighted by atomic mass is 9.96. The molecule has 128 valence electrons. The molecule has 0 radical (unpaired) electrons. The summed E-state index contributed by atoms with van der Waals surface area (Å²) >= 11 is 0. The summed E-state index contributed by atoms with van der Waals surface area (Å²) in [6.07, 6.45) is 1.90. The van der Waals surface area contributed by atoms with Gasteiger partial charge in [-0.05, 0) is 45.8 Å². The summed E-state index contributed by atoms with van der Waals surface area (Å²) in [7, 11) is 3.63. The van der Waals surface area contributed by atoms with Crippen LogP contribution in [0.3, 0.4) is 0 Å². The zero-order valence-electron chi connectivity index (χ0n) is 14.3. The first-order chi connectivity index (χ1) is 11.0. The number of likely N-dealkylation sites (N-methyl/N-ethyl adjacent to an activating group) is 1. The molecule has 2 rings (SSSR count). The molecule has 1 unspecified atom stereocenters. The lowest BCUT2D eigenvalue weighted by Crippen LogP contribution is -2.45. The Labute approximate surface area is 138 Å². The van der Waals surface area contributed by atoms with Crippen LogP contribution in [0.15, 0.2) is 24.3 Å². The van der Waals surface area contributed by atoms with Gasteiger partial charge in [-0.2, -0.15) is 0 Å². The molecule has 4 nitrogen and oxygen atoms in total. The van der Waals surface area contributed by atoms with Crippen LogP contribution in [0.4, 0.5) is 4.39 Å². The second-order valence-corrected chi connectivity index (χ2v) is 6.32. The van der Waals surface area contributed by atoms with Gasteiger partial charge in [-0.15, -0.1) is 0 Å². The Balaban J connectivity index is 2.04. The second kappa shape index (κ2) is 8.41. The molecule has 1 atom stereocenters. The number of carbonyl (C=O) groups is 1. The van der Waals surface area contributed by atoms with Gasteiger partial charge in [-0.3, -0.25) is 9.69 Å². The van der Waals surface area contributed by atoms with Crippen LogP contribution in [-0.4, -0.2) is 56.1 Å². The number of rotatable bonds is 6. The quantitative estimate of drug-likeness (QED) is 0.807. The summed E-state index contributed by atoms with van der Waals surface area (Å²) in [6.45, 7) is 4.93. The highest BCUT2D eigenvalue weighted by Crippen LogP contribution is 2.26. The molecule has 1 aliphatic heterocycles. The van der Waals surface area contributed by atoms with Crippen molar-refractivity contribution in [3.05, 3.63) is 35.6 Å². The Kier molecular flexibility index (Phi) is 6.54. The average Bonchev–Trinajstić information content (AvgIpc) is 2.55. The van der Waals surface area contributed by atoms with Crippen LogP contribution < -0.4 is 0 Å². The van der Waals surface area contributed by atoms with Crippen molar-refractivity contribution < 1.29 is 13.9 Å². The second-order valence-electron chi connectivity index (χ2n) is 6.32. The van der Waals surface area contributed by atoms with Gasteiger partial charge >= 0.3 is 0 Å². The van der Waals surface area contributed by atoms with Gasteiger partial charge in [0.05, 0.1) is 0 Å². The van der Waals surface area contributed by atoms with E-state index < -0.39 is 6.04 Å². The fraction of sp³-hybridized carbons (Fsp3) is 0.611. The number of piperidine rings is 1. The van der Waals surface area contributed by atoms with Crippen LogP contribution in [-0.2, 0) is 9.53 Å². The number of amides is 1. The van der Waals surface area contributed by atoms with Gasteiger partial charge in [-0.25, -0.2) is 4.39 Å². The summed E-state index contributed by atoms with van der Waals surface area (Å²) in [5.74, 6) is 0.172. The van der Waals surface area contributed by atoms with Gasteiger partial charge in [0.25, 0.3) is 0 Å². The lowest BCUT2D eigenvalue weighted by molar-refractivity contribution is -0.138. The molecule has 0 bridgehead atoms. The van der Waals surface area contributed by atoms with Gasteiger partial charge in [-0.1, -0.05) is 18.2 Å². The highest BCUT2D eigenvalue weighted by Gasteiger charge is 2.32. The monoisotopic (exact) mass is 322 g/mol. The standard InChI is InChI=1S/C18H27FN2O2/c1-4-23-13-14-9-11-21(12-10-14)18(22)17(20(2)3)15-7-5-6-8-16(15)19/h5-8,14,17H,4,9-13H2,1-3H3. The molecular weight excluding hydrogens is 295 g/mol. The van der Waals surface area contributed by atoms with Crippen LogP contribution in [0.25, 0.3) is 0 Å². The summed E-state index contributed by atoms with van der Waals surface area (Å²) < 4.78 is 19.6. The van der Waals surface area contributed by atoms with Crippen LogP contribution in [0.2, 0.25) is 0 Å². The minimum Gasteiger partial charge on any atom is -0.381 e. The maximum Gasteiger partial charge on any atom is 0.244 e. The van der Waals surface area contributed by atoms with Crippen molar-refractivity contribution in [1.82, 2.24) is 9.80 Å². The predicted molar refractivity (Wildman–Crippen MR) is 88.6 cm³/mol. The molecule has 0 saturated carbocycles. The highest BCUT2D eigenvalue weighted by atomic mass is 19.1. The van der Waals surface area contributed by atoms with E-state index in [1.165, 1.54) is 6.07 Å².